The van der Waals surface area contributed by atoms with Crippen LogP contribution in [0.2, 0.25) is 0 Å². The number of benzene rings is 1. The van der Waals surface area contributed by atoms with Crippen molar-refractivity contribution < 1.29 is 27.9 Å². The van der Waals surface area contributed by atoms with Crippen LogP contribution in [-0.4, -0.2) is 59.4 Å². The zero-order chi connectivity index (χ0) is 24.5. The van der Waals surface area contributed by atoms with Crippen LogP contribution in [0.5, 0.6) is 0 Å². The van der Waals surface area contributed by atoms with Crippen molar-refractivity contribution in [3.8, 4) is 0 Å². The van der Waals surface area contributed by atoms with E-state index in [1.807, 2.05) is 32.3 Å². The highest BCUT2D eigenvalue weighted by atomic mass is 32.2. The molecular formula is C24H32N2O6S. The number of carbonyl (C=O) groups is 2. The number of ether oxygens (including phenoxy) is 1. The van der Waals surface area contributed by atoms with Crippen molar-refractivity contribution in [1.82, 2.24) is 8.87 Å². The molecule has 1 N–H and O–H groups in total. The fourth-order valence-corrected chi connectivity index (χ4v) is 5.95. The maximum absolute atomic E-state index is 13.2. The summed E-state index contributed by atoms with van der Waals surface area (Å²) in [5, 5.41) is 10.1. The molecular weight excluding hydrogens is 444 g/mol. The molecule has 3 rings (SSSR count). The van der Waals surface area contributed by atoms with Crippen LogP contribution >= 0.6 is 0 Å². The van der Waals surface area contributed by atoms with Crippen LogP contribution in [0.4, 0.5) is 0 Å². The molecule has 1 aliphatic heterocycles. The molecule has 33 heavy (non-hydrogen) atoms. The molecule has 9 heteroatoms. The first-order valence-corrected chi connectivity index (χ1v) is 12.5. The minimum Gasteiger partial charge on any atom is -0.456 e. The van der Waals surface area contributed by atoms with E-state index in [4.69, 9.17) is 4.74 Å². The van der Waals surface area contributed by atoms with Crippen LogP contribution in [0.3, 0.4) is 0 Å². The molecule has 8 nitrogen and oxygen atoms in total. The van der Waals surface area contributed by atoms with Gasteiger partial charge in [0.25, 0.3) is 0 Å². The molecule has 0 bridgehead atoms. The van der Waals surface area contributed by atoms with Gasteiger partial charge in [-0.1, -0.05) is 13.0 Å². The number of ketones is 1. The molecule has 1 saturated heterocycles. The molecule has 2 atom stereocenters. The van der Waals surface area contributed by atoms with Crippen LogP contribution < -0.4 is 0 Å². The summed E-state index contributed by atoms with van der Waals surface area (Å²) in [5.41, 5.74) is 4.00. The van der Waals surface area contributed by atoms with Gasteiger partial charge in [-0.2, -0.15) is 4.31 Å². The fourth-order valence-electron chi connectivity index (χ4n) is 4.24. The first-order valence-electron chi connectivity index (χ1n) is 11.1. The SMILES string of the molecule is CCCn1c(C)cc(C(=O)COC(=O)C2CC(O)CN2S(=O)(=O)c2ccc(C)c(C)c2)c1C. The van der Waals surface area contributed by atoms with E-state index in [0.717, 1.165) is 39.8 Å². The van der Waals surface area contributed by atoms with Crippen molar-refractivity contribution >= 4 is 21.8 Å². The molecule has 1 aromatic heterocycles. The van der Waals surface area contributed by atoms with E-state index in [0.29, 0.717) is 5.56 Å². The molecule has 0 saturated carbocycles. The summed E-state index contributed by atoms with van der Waals surface area (Å²) in [7, 11) is -4.03. The average molecular weight is 477 g/mol. The summed E-state index contributed by atoms with van der Waals surface area (Å²) in [5.74, 6) is -1.18. The first kappa shape index (κ1) is 25.1. The molecule has 2 heterocycles. The Labute approximate surface area is 195 Å². The summed E-state index contributed by atoms with van der Waals surface area (Å²) in [6, 6.07) is 5.33. The van der Waals surface area contributed by atoms with Crippen molar-refractivity contribution in [2.24, 2.45) is 0 Å². The number of aliphatic hydroxyl groups excluding tert-OH is 1. The maximum Gasteiger partial charge on any atom is 0.325 e. The van der Waals surface area contributed by atoms with E-state index in [1.165, 1.54) is 6.07 Å². The number of carbonyl (C=O) groups excluding carboxylic acids is 2. The molecule has 0 radical (unpaired) electrons. The second-order valence-electron chi connectivity index (χ2n) is 8.69. The zero-order valence-electron chi connectivity index (χ0n) is 19.8. The van der Waals surface area contributed by atoms with Gasteiger partial charge in [-0.05, 0) is 63.4 Å². The number of hydrogen-bond donors (Lipinski definition) is 1. The normalized spacial score (nSPS) is 19.1. The van der Waals surface area contributed by atoms with Crippen LogP contribution in [0.1, 0.15) is 52.6 Å². The van der Waals surface area contributed by atoms with Crippen LogP contribution in [0.15, 0.2) is 29.2 Å². The lowest BCUT2D eigenvalue weighted by Crippen LogP contribution is -2.42. The van der Waals surface area contributed by atoms with E-state index in [9.17, 15) is 23.1 Å². The highest BCUT2D eigenvalue weighted by Gasteiger charge is 2.44. The van der Waals surface area contributed by atoms with Crippen molar-refractivity contribution in [2.45, 2.75) is 71.0 Å². The Hall–Kier alpha value is -2.49. The summed E-state index contributed by atoms with van der Waals surface area (Å²) in [6.45, 7) is 9.60. The Morgan fingerprint density at radius 3 is 2.45 bits per heavy atom. The van der Waals surface area contributed by atoms with Gasteiger partial charge in [0.1, 0.15) is 6.04 Å². The smallest absolute Gasteiger partial charge is 0.325 e. The Kier molecular flexibility index (Phi) is 7.45. The van der Waals surface area contributed by atoms with Gasteiger partial charge < -0.3 is 14.4 Å². The highest BCUT2D eigenvalue weighted by Crippen LogP contribution is 2.28. The topological polar surface area (TPSA) is 106 Å². The molecule has 1 fully saturated rings. The molecule has 0 aliphatic carbocycles. The quantitative estimate of drug-likeness (QED) is 0.464. The van der Waals surface area contributed by atoms with Gasteiger partial charge in [-0.25, -0.2) is 8.42 Å². The van der Waals surface area contributed by atoms with Crippen LogP contribution in [0, 0.1) is 27.7 Å². The Bertz CT molecular complexity index is 1170. The number of aliphatic hydroxyl groups is 1. The van der Waals surface area contributed by atoms with E-state index in [1.54, 1.807) is 18.2 Å². The summed E-state index contributed by atoms with van der Waals surface area (Å²) >= 11 is 0. The van der Waals surface area contributed by atoms with Crippen molar-refractivity contribution in [3.63, 3.8) is 0 Å². The average Bonchev–Trinajstić information content (AvgIpc) is 3.29. The third-order valence-corrected chi connectivity index (χ3v) is 8.13. The molecule has 0 amide bonds. The Morgan fingerprint density at radius 2 is 1.82 bits per heavy atom. The predicted octanol–water partition coefficient (Wildman–Crippen LogP) is 2.68. The van der Waals surface area contributed by atoms with Gasteiger partial charge in [0.15, 0.2) is 6.61 Å². The standard InChI is InChI=1S/C24H32N2O6S/c1-6-9-25-17(4)11-21(18(25)5)23(28)14-32-24(29)22-12-19(27)13-26(22)33(30,31)20-8-7-15(2)16(3)10-20/h7-8,10-11,19,22,27H,6,9,12-14H2,1-5H3. The second-order valence-corrected chi connectivity index (χ2v) is 10.6. The molecule has 180 valence electrons. The molecule has 0 spiro atoms. The third-order valence-electron chi connectivity index (χ3n) is 6.26. The van der Waals surface area contributed by atoms with E-state index >= 15 is 0 Å². The highest BCUT2D eigenvalue weighted by molar-refractivity contribution is 7.89. The van der Waals surface area contributed by atoms with Gasteiger partial charge in [0, 0.05) is 36.5 Å². The van der Waals surface area contributed by atoms with Gasteiger partial charge in [0.05, 0.1) is 11.0 Å². The maximum atomic E-state index is 13.2. The largest absolute Gasteiger partial charge is 0.456 e. The van der Waals surface area contributed by atoms with Crippen molar-refractivity contribution in [2.75, 3.05) is 13.2 Å². The molecule has 2 aromatic rings. The number of aryl methyl sites for hydroxylation is 3. The third kappa shape index (κ3) is 5.05. The summed E-state index contributed by atoms with van der Waals surface area (Å²) in [6.07, 6.45) is -0.150. The lowest BCUT2D eigenvalue weighted by Gasteiger charge is -2.22. The van der Waals surface area contributed by atoms with Crippen LogP contribution in [0.25, 0.3) is 0 Å². The van der Waals surface area contributed by atoms with E-state index in [2.05, 4.69) is 6.92 Å². The monoisotopic (exact) mass is 476 g/mol. The lowest BCUT2D eigenvalue weighted by atomic mass is 10.1. The number of rotatable bonds is 8. The van der Waals surface area contributed by atoms with E-state index in [-0.39, 0.29) is 23.6 Å². The molecule has 2 unspecified atom stereocenters. The number of esters is 1. The second kappa shape index (κ2) is 9.79. The zero-order valence-corrected chi connectivity index (χ0v) is 20.6. The predicted molar refractivity (Wildman–Crippen MR) is 124 cm³/mol. The number of Topliss-reactive ketones (excluding diaryl/α,β-unsaturated/α-hetero) is 1. The Balaban J connectivity index is 1.75. The van der Waals surface area contributed by atoms with E-state index < -0.39 is 34.7 Å². The number of β-amino-alcohol motifs (C(OH)–C–C–N with tert-alkyl or cyclic N) is 1. The molecule has 1 aromatic carbocycles. The minimum absolute atomic E-state index is 0.0527. The number of nitrogens with zero attached hydrogens (tertiary/aromatic N) is 2. The van der Waals surface area contributed by atoms with Gasteiger partial charge in [-0.15, -0.1) is 0 Å². The summed E-state index contributed by atoms with van der Waals surface area (Å²) < 4.78 is 34.7. The molecule has 1 aliphatic rings. The minimum atomic E-state index is -4.03. The number of sulfonamides is 1. The fraction of sp³-hybridized carbons (Fsp3) is 0.500. The lowest BCUT2D eigenvalue weighted by molar-refractivity contribution is -0.146. The van der Waals surface area contributed by atoms with Gasteiger partial charge >= 0.3 is 5.97 Å². The van der Waals surface area contributed by atoms with Gasteiger partial charge in [0.2, 0.25) is 15.8 Å². The summed E-state index contributed by atoms with van der Waals surface area (Å²) in [4.78, 5) is 25.6. The Morgan fingerprint density at radius 1 is 1.12 bits per heavy atom. The van der Waals surface area contributed by atoms with Crippen molar-refractivity contribution in [1.29, 1.82) is 0 Å². The number of aromatic nitrogens is 1. The van der Waals surface area contributed by atoms with Gasteiger partial charge in [-0.3, -0.25) is 9.59 Å². The number of hydrogen-bond acceptors (Lipinski definition) is 6. The van der Waals surface area contributed by atoms with Crippen LogP contribution in [-0.2, 0) is 26.1 Å². The first-order chi connectivity index (χ1) is 15.5. The van der Waals surface area contributed by atoms with Crippen molar-refractivity contribution in [3.05, 3.63) is 52.3 Å².